The van der Waals surface area contributed by atoms with Crippen LogP contribution in [-0.2, 0) is 13.0 Å². The first-order valence-electron chi connectivity index (χ1n) is 7.30. The van der Waals surface area contributed by atoms with E-state index in [9.17, 15) is 4.79 Å². The van der Waals surface area contributed by atoms with Gasteiger partial charge in [-0.15, -0.1) is 0 Å². The number of rotatable bonds is 5. The smallest absolute Gasteiger partial charge is 0.315 e. The highest BCUT2D eigenvalue weighted by Gasteiger charge is 2.03. The summed E-state index contributed by atoms with van der Waals surface area (Å²) < 4.78 is 0. The van der Waals surface area contributed by atoms with Gasteiger partial charge in [0, 0.05) is 19.5 Å². The summed E-state index contributed by atoms with van der Waals surface area (Å²) in [6.45, 7) is 1.07. The van der Waals surface area contributed by atoms with Crippen molar-refractivity contribution in [1.82, 2.24) is 20.6 Å². The Morgan fingerprint density at radius 2 is 1.77 bits per heavy atom. The van der Waals surface area contributed by atoms with E-state index in [1.165, 1.54) is 0 Å². The first-order valence-corrected chi connectivity index (χ1v) is 7.30. The van der Waals surface area contributed by atoms with Gasteiger partial charge >= 0.3 is 6.03 Å². The predicted octanol–water partition coefficient (Wildman–Crippen LogP) is 2.60. The van der Waals surface area contributed by atoms with E-state index in [-0.39, 0.29) is 6.03 Å². The van der Waals surface area contributed by atoms with E-state index >= 15 is 0 Å². The Morgan fingerprint density at radius 3 is 2.59 bits per heavy atom. The highest BCUT2D eigenvalue weighted by molar-refractivity contribution is 5.75. The van der Waals surface area contributed by atoms with E-state index in [0.717, 1.165) is 22.4 Å². The van der Waals surface area contributed by atoms with Crippen LogP contribution >= 0.6 is 0 Å². The number of imidazole rings is 1. The molecule has 0 aliphatic carbocycles. The van der Waals surface area contributed by atoms with Crippen molar-refractivity contribution in [2.75, 3.05) is 6.54 Å². The summed E-state index contributed by atoms with van der Waals surface area (Å²) in [4.78, 5) is 19.4. The molecule has 3 N–H and O–H groups in total. The molecular formula is C17H18N4O. The summed E-state index contributed by atoms with van der Waals surface area (Å²) in [7, 11) is 0. The first kappa shape index (κ1) is 14.1. The van der Waals surface area contributed by atoms with Crippen LogP contribution in [0, 0.1) is 0 Å². The number of aromatic amines is 1. The number of carbonyl (C=O) groups excluding carboxylic acids is 1. The maximum absolute atomic E-state index is 11.7. The number of para-hydroxylation sites is 2. The minimum atomic E-state index is -0.167. The van der Waals surface area contributed by atoms with Crippen LogP contribution in [0.1, 0.15) is 11.4 Å². The van der Waals surface area contributed by atoms with Crippen molar-refractivity contribution in [2.45, 2.75) is 13.0 Å². The van der Waals surface area contributed by atoms with Gasteiger partial charge in [-0.25, -0.2) is 9.78 Å². The highest BCUT2D eigenvalue weighted by Crippen LogP contribution is 2.10. The van der Waals surface area contributed by atoms with Crippen LogP contribution in [0.2, 0.25) is 0 Å². The van der Waals surface area contributed by atoms with Crippen LogP contribution in [0.15, 0.2) is 54.6 Å². The van der Waals surface area contributed by atoms with E-state index in [1.807, 2.05) is 54.6 Å². The van der Waals surface area contributed by atoms with E-state index < -0.39 is 0 Å². The van der Waals surface area contributed by atoms with Crippen LogP contribution in [0.25, 0.3) is 11.0 Å². The Balaban J connectivity index is 1.43. The van der Waals surface area contributed by atoms with Crippen molar-refractivity contribution in [3.63, 3.8) is 0 Å². The van der Waals surface area contributed by atoms with Crippen molar-refractivity contribution in [2.24, 2.45) is 0 Å². The monoisotopic (exact) mass is 294 g/mol. The number of hydrogen-bond acceptors (Lipinski definition) is 2. The fourth-order valence-electron chi connectivity index (χ4n) is 2.26. The first-order chi connectivity index (χ1) is 10.8. The lowest BCUT2D eigenvalue weighted by molar-refractivity contribution is 0.240. The molecule has 3 aromatic rings. The fourth-order valence-corrected chi connectivity index (χ4v) is 2.26. The van der Waals surface area contributed by atoms with Gasteiger partial charge in [-0.1, -0.05) is 42.5 Å². The molecule has 2 aromatic carbocycles. The van der Waals surface area contributed by atoms with Crippen molar-refractivity contribution in [1.29, 1.82) is 0 Å². The number of urea groups is 1. The summed E-state index contributed by atoms with van der Waals surface area (Å²) in [5.74, 6) is 0.879. The minimum absolute atomic E-state index is 0.167. The zero-order valence-electron chi connectivity index (χ0n) is 12.2. The minimum Gasteiger partial charge on any atom is -0.342 e. The number of nitrogens with zero attached hydrogens (tertiary/aromatic N) is 1. The average Bonchev–Trinajstić information content (AvgIpc) is 2.96. The summed E-state index contributed by atoms with van der Waals surface area (Å²) in [6.07, 6.45) is 0.674. The topological polar surface area (TPSA) is 69.8 Å². The van der Waals surface area contributed by atoms with Crippen molar-refractivity contribution >= 4 is 17.1 Å². The van der Waals surface area contributed by atoms with Crippen LogP contribution in [0.4, 0.5) is 4.79 Å². The SMILES string of the molecule is O=C(NCCc1nc2ccccc2[nH]1)NCc1ccccc1. The third kappa shape index (κ3) is 3.63. The molecule has 0 unspecified atom stereocenters. The van der Waals surface area contributed by atoms with Gasteiger partial charge in [-0.3, -0.25) is 0 Å². The lowest BCUT2D eigenvalue weighted by Gasteiger charge is -2.06. The number of fused-ring (bicyclic) bond motifs is 1. The predicted molar refractivity (Wildman–Crippen MR) is 86.5 cm³/mol. The van der Waals surface area contributed by atoms with Gasteiger partial charge in [0.15, 0.2) is 0 Å². The second-order valence-electron chi connectivity index (χ2n) is 5.05. The van der Waals surface area contributed by atoms with Gasteiger partial charge in [0.1, 0.15) is 5.82 Å². The zero-order valence-corrected chi connectivity index (χ0v) is 12.2. The number of hydrogen-bond donors (Lipinski definition) is 3. The second-order valence-corrected chi connectivity index (χ2v) is 5.05. The number of carbonyl (C=O) groups is 1. The zero-order chi connectivity index (χ0) is 15.2. The van der Waals surface area contributed by atoms with Gasteiger partial charge in [0.2, 0.25) is 0 Å². The maximum Gasteiger partial charge on any atom is 0.315 e. The number of aromatic nitrogens is 2. The Hall–Kier alpha value is -2.82. The molecule has 1 heterocycles. The Labute approximate surface area is 128 Å². The van der Waals surface area contributed by atoms with E-state index in [1.54, 1.807) is 0 Å². The molecule has 112 valence electrons. The van der Waals surface area contributed by atoms with Gasteiger partial charge in [0.25, 0.3) is 0 Å². The van der Waals surface area contributed by atoms with Crippen LogP contribution in [-0.4, -0.2) is 22.5 Å². The molecule has 0 saturated carbocycles. The molecule has 0 radical (unpaired) electrons. The number of H-pyrrole nitrogens is 1. The molecule has 5 nitrogen and oxygen atoms in total. The molecule has 5 heteroatoms. The number of benzene rings is 2. The molecule has 0 bridgehead atoms. The van der Waals surface area contributed by atoms with E-state index in [2.05, 4.69) is 20.6 Å². The summed E-state index contributed by atoms with van der Waals surface area (Å²) in [6, 6.07) is 17.6. The standard InChI is InChI=1S/C17H18N4O/c22-17(19-12-13-6-2-1-3-7-13)18-11-10-16-20-14-8-4-5-9-15(14)21-16/h1-9H,10-12H2,(H,20,21)(H2,18,19,22). The number of nitrogens with one attached hydrogen (secondary N) is 3. The fraction of sp³-hybridized carbons (Fsp3) is 0.176. The molecule has 1 aromatic heterocycles. The van der Waals surface area contributed by atoms with Crippen LogP contribution in [0.5, 0.6) is 0 Å². The maximum atomic E-state index is 11.7. The molecule has 0 atom stereocenters. The largest absolute Gasteiger partial charge is 0.342 e. The Morgan fingerprint density at radius 1 is 1.00 bits per heavy atom. The molecule has 0 aliphatic rings. The Kier molecular flexibility index (Phi) is 4.34. The lowest BCUT2D eigenvalue weighted by Crippen LogP contribution is -2.36. The molecule has 0 aliphatic heterocycles. The summed E-state index contributed by atoms with van der Waals surface area (Å²) in [5, 5.41) is 5.67. The molecule has 2 amide bonds. The Bertz CT molecular complexity index is 718. The van der Waals surface area contributed by atoms with Crippen LogP contribution in [0.3, 0.4) is 0 Å². The highest BCUT2D eigenvalue weighted by atomic mass is 16.2. The van der Waals surface area contributed by atoms with Gasteiger partial charge in [0.05, 0.1) is 11.0 Å². The average molecular weight is 294 g/mol. The van der Waals surface area contributed by atoms with Gasteiger partial charge < -0.3 is 15.6 Å². The van der Waals surface area contributed by atoms with Gasteiger partial charge in [-0.05, 0) is 17.7 Å². The van der Waals surface area contributed by atoms with Crippen molar-refractivity contribution < 1.29 is 4.79 Å². The second kappa shape index (κ2) is 6.76. The molecule has 0 saturated heterocycles. The van der Waals surface area contributed by atoms with Gasteiger partial charge in [-0.2, -0.15) is 0 Å². The third-order valence-corrected chi connectivity index (χ3v) is 3.38. The molecule has 0 fully saturated rings. The lowest BCUT2D eigenvalue weighted by atomic mass is 10.2. The normalized spacial score (nSPS) is 10.5. The summed E-state index contributed by atoms with van der Waals surface area (Å²) in [5.41, 5.74) is 3.05. The quantitative estimate of drug-likeness (QED) is 0.677. The molecular weight excluding hydrogens is 276 g/mol. The summed E-state index contributed by atoms with van der Waals surface area (Å²) >= 11 is 0. The molecule has 22 heavy (non-hydrogen) atoms. The van der Waals surface area contributed by atoms with E-state index in [0.29, 0.717) is 19.5 Å². The van der Waals surface area contributed by atoms with Crippen molar-refractivity contribution in [3.8, 4) is 0 Å². The molecule has 3 rings (SSSR count). The van der Waals surface area contributed by atoms with Crippen molar-refractivity contribution in [3.05, 3.63) is 66.0 Å². The third-order valence-electron chi connectivity index (χ3n) is 3.38. The van der Waals surface area contributed by atoms with E-state index in [4.69, 9.17) is 0 Å². The van der Waals surface area contributed by atoms with Crippen LogP contribution < -0.4 is 10.6 Å². The molecule has 0 spiro atoms. The number of amides is 2.